The number of hydrogen-bond acceptors (Lipinski definition) is 20. The van der Waals surface area contributed by atoms with E-state index in [1.54, 1.807) is 0 Å². The fourth-order valence-electron chi connectivity index (χ4n) is 18.5. The van der Waals surface area contributed by atoms with E-state index in [1.165, 1.54) is 16.8 Å². The number of aromatic nitrogens is 19. The molecule has 4 aliphatic rings. The molecule has 0 spiro atoms. The highest BCUT2D eigenvalue weighted by Gasteiger charge is 2.22. The number of benzene rings is 12. The van der Waals surface area contributed by atoms with E-state index in [0.717, 1.165) is 297 Å². The SMILES string of the molecule is C(=Cc1ncc2ccccc2n1)C1=NC(c2ccccc2)=CC1.C1=C(c2ccccc2)N=C(/C=C/c2ncc3ccccc3n2)C1.C1=C(c2ccccc2)N=C(CCc2ncc3ccccc3n2)C1.Cc1nc(CCc2nc3c4c(ccc3n2C)CCCO4)nc2ccccc12.Cc1nc(CCc2nc3c4cccnc4ccc3n2C)nc2ccccc12.Cn1cc(-c2ccccc2)nc1CCc1ncc2ccccc2n1. The summed E-state index contributed by atoms with van der Waals surface area (Å²) < 4.78 is 12.3. The van der Waals surface area contributed by atoms with Crippen molar-refractivity contribution in [1.29, 1.82) is 0 Å². The molecule has 4 aliphatic heterocycles. The van der Waals surface area contributed by atoms with Crippen LogP contribution >= 0.6 is 0 Å². The Morgan fingerprint density at radius 2 is 0.714 bits per heavy atom. The zero-order chi connectivity index (χ0) is 99.6. The zero-order valence-electron chi connectivity index (χ0n) is 82.5. The highest BCUT2D eigenvalue weighted by atomic mass is 16.5. The van der Waals surface area contributed by atoms with Crippen LogP contribution in [0, 0.1) is 13.8 Å². The summed E-state index contributed by atoms with van der Waals surface area (Å²) in [6, 6.07) is 102. The second kappa shape index (κ2) is 44.9. The van der Waals surface area contributed by atoms with Gasteiger partial charge in [-0.15, -0.1) is 0 Å². The third kappa shape index (κ3) is 22.9. The Morgan fingerprint density at radius 1 is 0.306 bits per heavy atom. The minimum Gasteiger partial charge on any atom is -0.491 e. The lowest BCUT2D eigenvalue weighted by atomic mass is 10.1. The van der Waals surface area contributed by atoms with Crippen LogP contribution in [0.1, 0.15) is 118 Å². The molecule has 147 heavy (non-hydrogen) atoms. The molecule has 0 amide bonds. The molecule has 0 saturated carbocycles. The minimum absolute atomic E-state index is 0.708. The lowest BCUT2D eigenvalue weighted by molar-refractivity contribution is 0.291. The fourth-order valence-corrected chi connectivity index (χ4v) is 18.5. The maximum Gasteiger partial charge on any atom is 0.152 e. The molecular weight excluding hydrogens is 1810 g/mol. The predicted octanol–water partition coefficient (Wildman–Crippen LogP) is 25.4. The molecule has 0 N–H and O–H groups in total. The van der Waals surface area contributed by atoms with Gasteiger partial charge in [0.2, 0.25) is 0 Å². The van der Waals surface area contributed by atoms with Crippen molar-refractivity contribution >= 4 is 145 Å². The van der Waals surface area contributed by atoms with Gasteiger partial charge >= 0.3 is 0 Å². The minimum atomic E-state index is 0.708. The number of imidazole rings is 3. The van der Waals surface area contributed by atoms with Crippen molar-refractivity contribution in [1.82, 2.24) is 93.4 Å². The Balaban J connectivity index is 0.000000104. The molecule has 0 aliphatic carbocycles. The summed E-state index contributed by atoms with van der Waals surface area (Å²) in [5.74, 6) is 9.00. The molecule has 14 heterocycles. The van der Waals surface area contributed by atoms with Crippen molar-refractivity contribution in [3.05, 3.63) is 457 Å². The van der Waals surface area contributed by atoms with Crippen molar-refractivity contribution < 1.29 is 4.74 Å². The summed E-state index contributed by atoms with van der Waals surface area (Å²) in [6.07, 6.45) is 37.0. The van der Waals surface area contributed by atoms with Gasteiger partial charge in [0.15, 0.2) is 11.6 Å². The average Bonchev–Trinajstić information content (AvgIpc) is 1.63. The Labute approximate surface area is 851 Å². The van der Waals surface area contributed by atoms with Gasteiger partial charge in [-0.2, -0.15) is 0 Å². The van der Waals surface area contributed by atoms with Crippen LogP contribution in [0.25, 0.3) is 139 Å². The Kier molecular flexibility index (Phi) is 29.0. The number of fused-ring (bicyclic) bond motifs is 12. The third-order valence-electron chi connectivity index (χ3n) is 26.3. The summed E-state index contributed by atoms with van der Waals surface area (Å²) in [4.78, 5) is 88.0. The average molecular weight is 1920 g/mol. The molecule has 22 aromatic rings. The first kappa shape index (κ1) is 95.0. The molecule has 12 aromatic carbocycles. The summed E-state index contributed by atoms with van der Waals surface area (Å²) >= 11 is 0. The number of ether oxygens (including phenoxy) is 1. The lowest BCUT2D eigenvalue weighted by Gasteiger charge is -2.17. The number of aryl methyl sites for hydroxylation is 13. The van der Waals surface area contributed by atoms with Gasteiger partial charge in [0.05, 0.1) is 84.6 Å². The number of hydrogen-bond donors (Lipinski definition) is 0. The number of aliphatic imine (C=N–C) groups is 3. The van der Waals surface area contributed by atoms with Crippen LogP contribution in [0.2, 0.25) is 0 Å². The van der Waals surface area contributed by atoms with Crippen molar-refractivity contribution in [3.63, 3.8) is 0 Å². The van der Waals surface area contributed by atoms with Crippen LogP contribution in [0.4, 0.5) is 0 Å². The van der Waals surface area contributed by atoms with Crippen molar-refractivity contribution in [2.24, 2.45) is 36.1 Å². The smallest absolute Gasteiger partial charge is 0.152 e. The lowest BCUT2D eigenvalue weighted by Crippen LogP contribution is -2.08. The van der Waals surface area contributed by atoms with Crippen LogP contribution in [-0.4, -0.2) is 117 Å². The van der Waals surface area contributed by atoms with Gasteiger partial charge in [-0.1, -0.05) is 255 Å². The van der Waals surface area contributed by atoms with Gasteiger partial charge in [-0.3, -0.25) is 20.0 Å². The molecule has 0 atom stereocenters. The summed E-state index contributed by atoms with van der Waals surface area (Å²) in [6.45, 7) is 4.87. The van der Waals surface area contributed by atoms with Crippen LogP contribution in [0.5, 0.6) is 5.75 Å². The normalized spacial score (nSPS) is 13.1. The first-order valence-electron chi connectivity index (χ1n) is 49.9. The monoisotopic (exact) mass is 1920 g/mol. The Morgan fingerprint density at radius 3 is 1.24 bits per heavy atom. The molecule has 0 fully saturated rings. The van der Waals surface area contributed by atoms with E-state index < -0.39 is 0 Å². The van der Waals surface area contributed by atoms with E-state index in [9.17, 15) is 0 Å². The van der Waals surface area contributed by atoms with Gasteiger partial charge in [-0.05, 0) is 146 Å². The molecular formula is C124H106N22O. The van der Waals surface area contributed by atoms with Crippen LogP contribution < -0.4 is 4.74 Å². The van der Waals surface area contributed by atoms with Gasteiger partial charge < -0.3 is 18.4 Å². The van der Waals surface area contributed by atoms with Crippen molar-refractivity contribution in [2.75, 3.05) is 6.61 Å². The molecule has 0 bridgehead atoms. The maximum absolute atomic E-state index is 5.93. The van der Waals surface area contributed by atoms with E-state index in [2.05, 4.69) is 198 Å². The molecule has 23 heteroatoms. The first-order valence-corrected chi connectivity index (χ1v) is 49.9. The zero-order valence-corrected chi connectivity index (χ0v) is 82.5. The predicted molar refractivity (Wildman–Crippen MR) is 594 cm³/mol. The maximum atomic E-state index is 5.93. The Bertz CT molecular complexity index is 8690. The van der Waals surface area contributed by atoms with E-state index in [0.29, 0.717) is 11.6 Å². The standard InChI is InChI=1S/C22H19N5.C22H22N4O.C20H18N4.C20H17N3.2C20H15N3/c1-14-15-6-3-4-8-18(15)25-20(24-14)11-12-21-26-22-16-7-5-13-23-17(16)9-10-19(22)27(21)2;1-14-16-7-3-4-8-17(16)24-19(23-14)11-12-20-25-21-18(26(20)2)10-9-15-6-5-13-27-22(15)21;1-24-14-18(15-7-3-2-4-8-15)23-20(24)12-11-19-21-13-16-9-5-6-10-17(16)22-19;3*1-2-6-15(7-3-1)19-12-10-17(22-19)11-13-20-21-14-16-8-4-5-9-18(16)23-20/h3-10,13H,11-12H2,1-2H3;3-4,7-10H,5-6,11-13H2,1-2H3;2-10,13-14H,11-12H2,1H3;1-9,12,14H,10-11,13H2;2*1-9,11-14H,10H2/b;;;;13-11+;. The summed E-state index contributed by atoms with van der Waals surface area (Å²) in [5, 5.41) is 7.59. The quantitative estimate of drug-likeness (QED) is 0.0686. The molecule has 0 unspecified atom stereocenters. The van der Waals surface area contributed by atoms with E-state index in [1.807, 2.05) is 289 Å². The number of pyridine rings is 1. The topological polar surface area (TPSA) is 267 Å². The summed E-state index contributed by atoms with van der Waals surface area (Å²) in [7, 11) is 6.18. The number of rotatable bonds is 20. The van der Waals surface area contributed by atoms with Gasteiger partial charge in [0.1, 0.15) is 52.0 Å². The highest BCUT2D eigenvalue weighted by Crippen LogP contribution is 2.36. The molecule has 0 saturated heterocycles. The largest absolute Gasteiger partial charge is 0.491 e. The molecule has 10 aromatic heterocycles. The second-order valence-electron chi connectivity index (χ2n) is 36.3. The second-order valence-corrected chi connectivity index (χ2v) is 36.3. The van der Waals surface area contributed by atoms with Gasteiger partial charge in [-0.25, -0.2) is 74.8 Å². The summed E-state index contributed by atoms with van der Waals surface area (Å²) in [5.41, 5.74) is 26.5. The van der Waals surface area contributed by atoms with Crippen molar-refractivity contribution in [2.45, 2.75) is 97.3 Å². The van der Waals surface area contributed by atoms with Crippen LogP contribution in [0.3, 0.4) is 0 Å². The molecule has 23 nitrogen and oxygen atoms in total. The highest BCUT2D eigenvalue weighted by molar-refractivity contribution is 6.07. The van der Waals surface area contributed by atoms with E-state index in [-0.39, 0.29) is 0 Å². The fraction of sp³-hybridized carbons (Fsp3) is 0.153. The molecule has 718 valence electrons. The number of allylic oxidation sites excluding steroid dienone is 5. The van der Waals surface area contributed by atoms with Gasteiger partial charge in [0, 0.05) is 194 Å². The van der Waals surface area contributed by atoms with E-state index in [4.69, 9.17) is 44.6 Å². The Hall–Kier alpha value is -18.3. The molecule has 0 radical (unpaired) electrons. The first-order chi connectivity index (χ1) is 72.3. The third-order valence-corrected chi connectivity index (χ3v) is 26.3. The van der Waals surface area contributed by atoms with Gasteiger partial charge in [0.25, 0.3) is 0 Å². The molecule has 26 rings (SSSR count). The van der Waals surface area contributed by atoms with E-state index >= 15 is 0 Å². The van der Waals surface area contributed by atoms with Crippen molar-refractivity contribution in [3.8, 4) is 17.0 Å². The van der Waals surface area contributed by atoms with Crippen LogP contribution in [0.15, 0.2) is 386 Å². The van der Waals surface area contributed by atoms with Crippen LogP contribution in [-0.2, 0) is 72.5 Å². The number of para-hydroxylation sites is 6. The number of nitrogens with zero attached hydrogens (tertiary/aromatic N) is 22.